The van der Waals surface area contributed by atoms with Crippen LogP contribution in [-0.2, 0) is 10.5 Å². The average Bonchev–Trinajstić information content (AvgIpc) is 2.82. The van der Waals surface area contributed by atoms with E-state index >= 15 is 4.39 Å². The van der Waals surface area contributed by atoms with Crippen molar-refractivity contribution in [2.75, 3.05) is 0 Å². The van der Waals surface area contributed by atoms with Crippen molar-refractivity contribution in [1.82, 2.24) is 20.2 Å². The number of alkyl halides is 1. The molecule has 1 aliphatic heterocycles. The summed E-state index contributed by atoms with van der Waals surface area (Å²) in [6.45, 7) is 0. The van der Waals surface area contributed by atoms with Crippen molar-refractivity contribution in [1.29, 1.82) is 0 Å². The van der Waals surface area contributed by atoms with Gasteiger partial charge in [0.15, 0.2) is 0 Å². The zero-order chi connectivity index (χ0) is 32.7. The summed E-state index contributed by atoms with van der Waals surface area (Å²) in [6, 6.07) is 2.62. The van der Waals surface area contributed by atoms with Gasteiger partial charge in [-0.1, -0.05) is 22.0 Å². The third-order valence-corrected chi connectivity index (χ3v) is 7.37. The van der Waals surface area contributed by atoms with Gasteiger partial charge < -0.3 is 10.2 Å². The largest absolute Gasteiger partial charge is 0.363 e. The molecule has 1 aromatic carbocycles. The Morgan fingerprint density at radius 2 is 1.31 bits per heavy atom. The van der Waals surface area contributed by atoms with Crippen LogP contribution in [0, 0.1) is 5.82 Å². The van der Waals surface area contributed by atoms with Crippen molar-refractivity contribution in [3.05, 3.63) is 58.4 Å². The van der Waals surface area contributed by atoms with Crippen LogP contribution in [0.1, 0.15) is 21.7 Å². The molecule has 1 N–H and O–H groups in total. The first kappa shape index (κ1) is 35.3. The van der Waals surface area contributed by atoms with E-state index < -0.39 is 70.7 Å². The quantitative estimate of drug-likeness (QED) is 0.376. The van der Waals surface area contributed by atoms with Gasteiger partial charge in [-0.15, -0.1) is 5.11 Å². The fourth-order valence-corrected chi connectivity index (χ4v) is 4.78. The van der Waals surface area contributed by atoms with E-state index in [1.165, 1.54) is 0 Å². The van der Waals surface area contributed by atoms with Gasteiger partial charge in [0, 0.05) is 18.0 Å². The highest BCUT2D eigenvalue weighted by Crippen LogP contribution is 2.67. The Balaban J connectivity index is 2.16. The average molecular weight is 542 g/mol. The molecule has 1 aromatic heterocycles. The third kappa shape index (κ3) is 5.06. The summed E-state index contributed by atoms with van der Waals surface area (Å²) in [6.07, 6.45) is 2.10. The van der Waals surface area contributed by atoms with Crippen LogP contribution in [-0.4, -0.2) is 160 Å². The van der Waals surface area contributed by atoms with Crippen molar-refractivity contribution in [2.45, 2.75) is 42.6 Å². The summed E-state index contributed by atoms with van der Waals surface area (Å²) in [5.41, 5.74) is -4.32. The van der Waals surface area contributed by atoms with Crippen LogP contribution in [0.3, 0.4) is 0 Å². The van der Waals surface area contributed by atoms with Gasteiger partial charge in [0.1, 0.15) is 11.6 Å². The van der Waals surface area contributed by atoms with Gasteiger partial charge in [-0.2, -0.15) is 0 Å². The summed E-state index contributed by atoms with van der Waals surface area (Å²) in [4.78, 5) is 21.5. The number of likely N-dealkylation sites (tertiary alicyclic amines) is 1. The van der Waals surface area contributed by atoms with Gasteiger partial charge in [-0.05, 0) is 45.1 Å². The van der Waals surface area contributed by atoms with Crippen LogP contribution in [0.15, 0.2) is 30.6 Å². The normalized spacial score (nSPS) is 20.9. The van der Waals surface area contributed by atoms with Crippen molar-refractivity contribution in [2.24, 2.45) is 0 Å². The lowest BCUT2D eigenvalue weighted by atomic mass is 9.11. The van der Waals surface area contributed by atoms with Crippen molar-refractivity contribution >= 4 is 135 Å². The first-order chi connectivity index (χ1) is 18.6. The second-order valence-electron chi connectivity index (χ2n) is 10.4. The number of halogens is 3. The molecule has 0 spiro atoms. The van der Waals surface area contributed by atoms with Gasteiger partial charge in [0.2, 0.25) is 0 Å². The van der Waals surface area contributed by atoms with E-state index in [0.717, 1.165) is 30.6 Å². The van der Waals surface area contributed by atoms with E-state index in [1.54, 1.807) is 0 Å². The minimum atomic E-state index is -3.94. The SMILES string of the molecule is [B]C([B])([B])c1cnc(C([B])([B])NC([B])([B])C2(F)C([B])([B])C([B])([B])N(C(=O)c3ccc(F)c(Cl)c3)C([B])([B])C2([B])[B])nc1. The van der Waals surface area contributed by atoms with E-state index in [0.29, 0.717) is 0 Å². The highest BCUT2D eigenvalue weighted by molar-refractivity contribution is 6.64. The molecule has 42 heavy (non-hydrogen) atoms. The van der Waals surface area contributed by atoms with Gasteiger partial charge in [0.25, 0.3) is 5.91 Å². The predicted octanol–water partition coefficient (Wildman–Crippen LogP) is -4.34. The molecule has 174 valence electrons. The van der Waals surface area contributed by atoms with Crippen LogP contribution in [0.4, 0.5) is 8.78 Å². The summed E-state index contributed by atoms with van der Waals surface area (Å²) in [7, 11) is 90.4. The lowest BCUT2D eigenvalue weighted by Gasteiger charge is -2.79. The molecule has 1 saturated heterocycles. The molecular formula is C19H6B15ClF2N4O. The number of carbonyl (C=O) groups is 1. The molecule has 5 nitrogen and oxygen atoms in total. The first-order valence-corrected chi connectivity index (χ1v) is 11.9. The zero-order valence-corrected chi connectivity index (χ0v) is 22.7. The number of rotatable bonds is 6. The molecule has 0 aliphatic carbocycles. The fourth-order valence-electron chi connectivity index (χ4n) is 4.60. The number of carbonyl (C=O) groups excluding carboxylic acids is 1. The molecule has 0 atom stereocenters. The first-order valence-electron chi connectivity index (χ1n) is 11.6. The van der Waals surface area contributed by atoms with Crippen LogP contribution >= 0.6 is 11.6 Å². The Kier molecular flexibility index (Phi) is 8.80. The second-order valence-corrected chi connectivity index (χ2v) is 10.8. The number of nitrogens with zero attached hydrogens (tertiary/aromatic N) is 3. The van der Waals surface area contributed by atoms with Gasteiger partial charge >= 0.3 is 0 Å². The summed E-state index contributed by atoms with van der Waals surface area (Å²) < 4.78 is 31.3. The molecule has 0 unspecified atom stereocenters. The maximum absolute atomic E-state index is 17.6. The number of nitrogens with one attached hydrogen (secondary N) is 1. The van der Waals surface area contributed by atoms with E-state index in [2.05, 4.69) is 15.3 Å². The third-order valence-electron chi connectivity index (χ3n) is 7.08. The van der Waals surface area contributed by atoms with Crippen LogP contribution < -0.4 is 5.32 Å². The minimum absolute atomic E-state index is 0.0354. The highest BCUT2D eigenvalue weighted by atomic mass is 35.5. The number of amides is 1. The van der Waals surface area contributed by atoms with E-state index in [4.69, 9.17) is 129 Å². The molecule has 23 heteroatoms. The van der Waals surface area contributed by atoms with Gasteiger partial charge in [0.05, 0.1) is 128 Å². The molecule has 2 aromatic rings. The van der Waals surface area contributed by atoms with Crippen molar-refractivity contribution in [3.63, 3.8) is 0 Å². The Labute approximate surface area is 269 Å². The number of hydrogen-bond acceptors (Lipinski definition) is 4. The molecular weight excluding hydrogens is 536 g/mol. The van der Waals surface area contributed by atoms with Crippen LogP contribution in [0.2, 0.25) is 15.5 Å². The smallest absolute Gasteiger partial charge is 0.252 e. The number of benzene rings is 1. The summed E-state index contributed by atoms with van der Waals surface area (Å²) in [5, 5.41) is -19.0. The zero-order valence-electron chi connectivity index (χ0n) is 21.9. The van der Waals surface area contributed by atoms with Crippen molar-refractivity contribution < 1.29 is 13.6 Å². The Hall–Kier alpha value is -1.15. The standard InChI is InChI=1S/C19H6B15ClF2N4O/c20-12(21,22)7-4-38-11(39-5-7)13(23,24)40-17(29,30)14(37)15(25,26)18(31,32)41(19(33,34)16(14,27)28)10(42)6-1-2-9(36)8(35)3-6/h1-5,40H. The summed E-state index contributed by atoms with van der Waals surface area (Å²) in [5.74, 6) is -2.69. The Bertz CT molecular complexity index is 1360. The molecule has 1 fully saturated rings. The molecule has 0 bridgehead atoms. The van der Waals surface area contributed by atoms with Crippen molar-refractivity contribution in [3.8, 4) is 0 Å². The molecule has 30 radical (unpaired) electrons. The van der Waals surface area contributed by atoms with E-state index in [-0.39, 0.29) is 10.5 Å². The number of aromatic nitrogens is 2. The Morgan fingerprint density at radius 3 is 1.71 bits per heavy atom. The molecule has 1 aliphatic rings. The van der Waals surface area contributed by atoms with E-state index in [9.17, 15) is 9.18 Å². The second kappa shape index (κ2) is 10.5. The molecule has 2 heterocycles. The fraction of sp³-hybridized carbons (Fsp3) is 0.421. The molecule has 3 rings (SSSR count). The van der Waals surface area contributed by atoms with Crippen LogP contribution in [0.25, 0.3) is 0 Å². The highest BCUT2D eigenvalue weighted by Gasteiger charge is 2.74. The minimum Gasteiger partial charge on any atom is -0.363 e. The Morgan fingerprint density at radius 1 is 0.857 bits per heavy atom. The lowest BCUT2D eigenvalue weighted by molar-refractivity contribution is -0.0360. The summed E-state index contributed by atoms with van der Waals surface area (Å²) >= 11 is 5.78. The monoisotopic (exact) mass is 544 g/mol. The van der Waals surface area contributed by atoms with Crippen LogP contribution in [0.5, 0.6) is 0 Å². The number of hydrogen-bond donors (Lipinski definition) is 1. The predicted molar refractivity (Wildman–Crippen MR) is 170 cm³/mol. The molecule has 0 saturated carbocycles. The topological polar surface area (TPSA) is 58.1 Å². The maximum Gasteiger partial charge on any atom is 0.252 e. The van der Waals surface area contributed by atoms with Gasteiger partial charge in [-0.25, -0.2) is 18.7 Å². The molecule has 1 amide bonds. The van der Waals surface area contributed by atoms with Gasteiger partial charge in [-0.3, -0.25) is 4.79 Å². The van der Waals surface area contributed by atoms with E-state index in [1.807, 2.05) is 0 Å². The maximum atomic E-state index is 17.6. The number of piperidine rings is 1. The lowest BCUT2D eigenvalue weighted by Crippen LogP contribution is -2.90.